The van der Waals surface area contributed by atoms with Crippen LogP contribution in [0.1, 0.15) is 37.9 Å². The number of aryl methyl sites for hydroxylation is 1. The Hall–Kier alpha value is -3.87. The van der Waals surface area contributed by atoms with Crippen molar-refractivity contribution in [1.29, 1.82) is 0 Å². The van der Waals surface area contributed by atoms with Crippen LogP contribution in [0.4, 0.5) is 4.79 Å². The standard InChI is InChI=1S/C25H26N4O3/c1-4-17-11-13-18(14-12-17)22-20(15-29(28-22)19-9-7-6-8-10-19)23-21(24(30)32-5-2)16(3)26-25(31)27-23/h6-15,23H,4-5H2,1-3H3,(H2,26,27,31)/t23-/m1/s1. The molecule has 0 spiro atoms. The van der Waals surface area contributed by atoms with E-state index in [9.17, 15) is 9.59 Å². The molecule has 4 rings (SSSR count). The Balaban J connectivity index is 1.89. The van der Waals surface area contributed by atoms with Crippen LogP contribution in [0, 0.1) is 0 Å². The van der Waals surface area contributed by atoms with Crippen LogP contribution in [-0.2, 0) is 16.0 Å². The molecule has 1 aliphatic heterocycles. The van der Waals surface area contributed by atoms with Gasteiger partial charge in [-0.3, -0.25) is 0 Å². The van der Waals surface area contributed by atoms with Crippen molar-refractivity contribution in [3.63, 3.8) is 0 Å². The normalized spacial score (nSPS) is 15.8. The molecule has 2 aromatic carbocycles. The van der Waals surface area contributed by atoms with Crippen LogP contribution in [0.5, 0.6) is 0 Å². The predicted molar refractivity (Wildman–Crippen MR) is 122 cm³/mol. The van der Waals surface area contributed by atoms with Gasteiger partial charge in [0.2, 0.25) is 0 Å². The Morgan fingerprint density at radius 2 is 1.81 bits per heavy atom. The van der Waals surface area contributed by atoms with Gasteiger partial charge in [0.05, 0.1) is 29.6 Å². The largest absolute Gasteiger partial charge is 0.463 e. The molecule has 0 unspecified atom stereocenters. The fraction of sp³-hybridized carbons (Fsp3) is 0.240. The summed E-state index contributed by atoms with van der Waals surface area (Å²) >= 11 is 0. The quantitative estimate of drug-likeness (QED) is 0.571. The lowest BCUT2D eigenvalue weighted by Gasteiger charge is -2.27. The zero-order valence-electron chi connectivity index (χ0n) is 18.4. The number of aromatic nitrogens is 2. The van der Waals surface area contributed by atoms with Gasteiger partial charge < -0.3 is 15.4 Å². The Morgan fingerprint density at radius 1 is 1.09 bits per heavy atom. The molecule has 2 N–H and O–H groups in total. The molecule has 2 heterocycles. The van der Waals surface area contributed by atoms with Gasteiger partial charge in [0, 0.05) is 23.0 Å². The van der Waals surface area contributed by atoms with Crippen LogP contribution in [0.25, 0.3) is 16.9 Å². The topological polar surface area (TPSA) is 85.2 Å². The first-order valence-corrected chi connectivity index (χ1v) is 10.7. The minimum Gasteiger partial charge on any atom is -0.463 e. The highest BCUT2D eigenvalue weighted by atomic mass is 16.5. The number of nitrogens with zero attached hydrogens (tertiary/aromatic N) is 2. The molecule has 2 amide bonds. The van der Waals surface area contributed by atoms with Gasteiger partial charge in [-0.2, -0.15) is 5.10 Å². The number of carbonyl (C=O) groups excluding carboxylic acids is 2. The molecule has 1 aliphatic rings. The predicted octanol–water partition coefficient (Wildman–Crippen LogP) is 4.29. The summed E-state index contributed by atoms with van der Waals surface area (Å²) < 4.78 is 7.06. The fourth-order valence-corrected chi connectivity index (χ4v) is 3.84. The highest BCUT2D eigenvalue weighted by molar-refractivity contribution is 5.95. The summed E-state index contributed by atoms with van der Waals surface area (Å²) in [4.78, 5) is 25.2. The Bertz CT molecular complexity index is 1160. The first-order chi connectivity index (χ1) is 15.5. The van der Waals surface area contributed by atoms with E-state index < -0.39 is 12.0 Å². The van der Waals surface area contributed by atoms with Crippen molar-refractivity contribution in [2.45, 2.75) is 33.2 Å². The molecular formula is C25H26N4O3. The molecule has 0 fully saturated rings. The van der Waals surface area contributed by atoms with Gasteiger partial charge in [-0.25, -0.2) is 14.3 Å². The Morgan fingerprint density at radius 3 is 2.47 bits per heavy atom. The van der Waals surface area contributed by atoms with E-state index in [1.807, 2.05) is 48.7 Å². The molecule has 3 aromatic rings. The first kappa shape index (κ1) is 21.4. The summed E-state index contributed by atoms with van der Waals surface area (Å²) in [6.07, 6.45) is 2.80. The maximum Gasteiger partial charge on any atom is 0.338 e. The summed E-state index contributed by atoms with van der Waals surface area (Å²) in [5.74, 6) is -0.470. The van der Waals surface area contributed by atoms with Crippen molar-refractivity contribution in [3.05, 3.63) is 83.2 Å². The summed E-state index contributed by atoms with van der Waals surface area (Å²) in [6, 6.07) is 16.8. The van der Waals surface area contributed by atoms with Crippen molar-refractivity contribution >= 4 is 12.0 Å². The molecule has 7 nitrogen and oxygen atoms in total. The molecule has 0 aliphatic carbocycles. The lowest BCUT2D eigenvalue weighted by molar-refractivity contribution is -0.139. The molecule has 164 valence electrons. The average Bonchev–Trinajstić information content (AvgIpc) is 3.25. The van der Waals surface area contributed by atoms with Gasteiger partial charge in [-0.05, 0) is 38.0 Å². The van der Waals surface area contributed by atoms with Crippen molar-refractivity contribution in [3.8, 4) is 16.9 Å². The van der Waals surface area contributed by atoms with Crippen LogP contribution in [-0.4, -0.2) is 28.4 Å². The number of hydrogen-bond donors (Lipinski definition) is 2. The maximum atomic E-state index is 12.8. The first-order valence-electron chi connectivity index (χ1n) is 10.7. The number of amides is 2. The summed E-state index contributed by atoms with van der Waals surface area (Å²) in [5, 5.41) is 10.4. The van der Waals surface area contributed by atoms with E-state index in [0.29, 0.717) is 17.0 Å². The van der Waals surface area contributed by atoms with Crippen molar-refractivity contribution in [2.75, 3.05) is 6.61 Å². The van der Waals surface area contributed by atoms with Crippen molar-refractivity contribution in [2.24, 2.45) is 0 Å². The monoisotopic (exact) mass is 430 g/mol. The molecule has 0 saturated carbocycles. The van der Waals surface area contributed by atoms with Gasteiger partial charge in [-0.15, -0.1) is 0 Å². The highest BCUT2D eigenvalue weighted by Crippen LogP contribution is 2.35. The van der Waals surface area contributed by atoms with E-state index in [1.165, 1.54) is 5.56 Å². The number of ether oxygens (including phenoxy) is 1. The lowest BCUT2D eigenvalue weighted by atomic mass is 9.93. The lowest BCUT2D eigenvalue weighted by Crippen LogP contribution is -2.45. The number of hydrogen-bond acceptors (Lipinski definition) is 4. The van der Waals surface area contributed by atoms with Gasteiger partial charge in [0.25, 0.3) is 0 Å². The van der Waals surface area contributed by atoms with E-state index in [2.05, 4.69) is 29.7 Å². The summed E-state index contributed by atoms with van der Waals surface area (Å²) in [5.41, 5.74) is 5.25. The molecule has 0 radical (unpaired) electrons. The zero-order chi connectivity index (χ0) is 22.7. The van der Waals surface area contributed by atoms with E-state index in [-0.39, 0.29) is 12.6 Å². The second-order valence-electron chi connectivity index (χ2n) is 7.55. The third kappa shape index (κ3) is 4.14. The Kier molecular flexibility index (Phi) is 6.07. The number of esters is 1. The SMILES string of the molecule is CCOC(=O)C1=C(C)NC(=O)N[C@@H]1c1cn(-c2ccccc2)nc1-c1ccc(CC)cc1. The molecule has 1 atom stereocenters. The zero-order valence-corrected chi connectivity index (χ0v) is 18.4. The third-order valence-electron chi connectivity index (χ3n) is 5.47. The average molecular weight is 431 g/mol. The molecule has 32 heavy (non-hydrogen) atoms. The number of para-hydroxylation sites is 1. The molecule has 0 bridgehead atoms. The maximum absolute atomic E-state index is 12.8. The van der Waals surface area contributed by atoms with Gasteiger partial charge in [0.15, 0.2) is 0 Å². The van der Waals surface area contributed by atoms with Crippen LogP contribution in [0.3, 0.4) is 0 Å². The third-order valence-corrected chi connectivity index (χ3v) is 5.47. The van der Waals surface area contributed by atoms with Crippen LogP contribution in [0.15, 0.2) is 72.1 Å². The molecule has 0 saturated heterocycles. The van der Waals surface area contributed by atoms with Crippen molar-refractivity contribution < 1.29 is 14.3 Å². The summed E-state index contributed by atoms with van der Waals surface area (Å²) in [6.45, 7) is 5.81. The number of carbonyl (C=O) groups is 2. The fourth-order valence-electron chi connectivity index (χ4n) is 3.84. The number of urea groups is 1. The highest BCUT2D eigenvalue weighted by Gasteiger charge is 2.35. The van der Waals surface area contributed by atoms with E-state index in [4.69, 9.17) is 9.84 Å². The van der Waals surface area contributed by atoms with E-state index in [1.54, 1.807) is 18.5 Å². The van der Waals surface area contributed by atoms with Crippen molar-refractivity contribution in [1.82, 2.24) is 20.4 Å². The second kappa shape index (κ2) is 9.09. The smallest absolute Gasteiger partial charge is 0.338 e. The Labute approximate surface area is 187 Å². The van der Waals surface area contributed by atoms with Crippen LogP contribution in [0.2, 0.25) is 0 Å². The van der Waals surface area contributed by atoms with Crippen LogP contribution < -0.4 is 10.6 Å². The minimum absolute atomic E-state index is 0.241. The number of benzene rings is 2. The summed E-state index contributed by atoms with van der Waals surface area (Å²) in [7, 11) is 0. The van der Waals surface area contributed by atoms with E-state index in [0.717, 1.165) is 23.2 Å². The van der Waals surface area contributed by atoms with Crippen LogP contribution >= 0.6 is 0 Å². The molecular weight excluding hydrogens is 404 g/mol. The minimum atomic E-state index is -0.693. The van der Waals surface area contributed by atoms with E-state index >= 15 is 0 Å². The second-order valence-corrected chi connectivity index (χ2v) is 7.55. The number of nitrogens with one attached hydrogen (secondary N) is 2. The van der Waals surface area contributed by atoms with Gasteiger partial charge in [-0.1, -0.05) is 49.4 Å². The molecule has 7 heteroatoms. The van der Waals surface area contributed by atoms with Gasteiger partial charge in [0.1, 0.15) is 0 Å². The number of allylic oxidation sites excluding steroid dienone is 1. The molecule has 1 aromatic heterocycles. The number of rotatable bonds is 6. The van der Waals surface area contributed by atoms with Gasteiger partial charge >= 0.3 is 12.0 Å².